The number of halogens is 1. The van der Waals surface area contributed by atoms with Crippen LogP contribution in [0, 0.1) is 13.8 Å². The molecule has 0 aliphatic carbocycles. The van der Waals surface area contributed by atoms with Crippen molar-refractivity contribution < 1.29 is 0 Å². The molecule has 3 aromatic heterocycles. The van der Waals surface area contributed by atoms with E-state index < -0.39 is 0 Å². The van der Waals surface area contributed by atoms with E-state index in [1.54, 1.807) is 4.52 Å². The second-order valence-electron chi connectivity index (χ2n) is 4.51. The van der Waals surface area contributed by atoms with E-state index in [-0.39, 0.29) is 0 Å². The fraction of sp³-hybridized carbons (Fsp3) is 0.231. The van der Waals surface area contributed by atoms with Crippen molar-refractivity contribution in [1.82, 2.24) is 24.6 Å². The largest absolute Gasteiger partial charge is 0.365 e. The number of anilines is 1. The van der Waals surface area contributed by atoms with Crippen molar-refractivity contribution in [2.75, 3.05) is 5.32 Å². The third-order valence-corrected chi connectivity index (χ3v) is 3.40. The standard InChI is InChI=1S/C13H13ClN6/c1-8-3-4-10(5-15-8)6-16-12-9(2)11(14)19-13-17-7-18-20(12)13/h3-5,7,16H,6H2,1-2H3. The smallest absolute Gasteiger partial charge is 0.255 e. The van der Waals surface area contributed by atoms with E-state index in [4.69, 9.17) is 11.6 Å². The Morgan fingerprint density at radius 1 is 1.25 bits per heavy atom. The first kappa shape index (κ1) is 12.8. The Bertz CT molecular complexity index is 749. The monoisotopic (exact) mass is 288 g/mol. The molecule has 0 atom stereocenters. The van der Waals surface area contributed by atoms with Gasteiger partial charge in [0.15, 0.2) is 0 Å². The van der Waals surface area contributed by atoms with Gasteiger partial charge in [0.1, 0.15) is 17.3 Å². The molecule has 0 fully saturated rings. The van der Waals surface area contributed by atoms with Crippen LogP contribution >= 0.6 is 11.6 Å². The zero-order valence-electron chi connectivity index (χ0n) is 11.1. The number of aryl methyl sites for hydroxylation is 1. The van der Waals surface area contributed by atoms with E-state index in [0.29, 0.717) is 17.5 Å². The number of fused-ring (bicyclic) bond motifs is 1. The van der Waals surface area contributed by atoms with Crippen molar-refractivity contribution in [3.63, 3.8) is 0 Å². The molecular weight excluding hydrogens is 276 g/mol. The predicted molar refractivity (Wildman–Crippen MR) is 76.8 cm³/mol. The van der Waals surface area contributed by atoms with Crippen LogP contribution in [0.1, 0.15) is 16.8 Å². The lowest BCUT2D eigenvalue weighted by Gasteiger charge is -2.11. The topological polar surface area (TPSA) is 68.0 Å². The van der Waals surface area contributed by atoms with Crippen LogP contribution in [-0.4, -0.2) is 24.6 Å². The molecule has 7 heteroatoms. The van der Waals surface area contributed by atoms with Gasteiger partial charge in [-0.15, -0.1) is 0 Å². The highest BCUT2D eigenvalue weighted by atomic mass is 35.5. The first-order valence-corrected chi connectivity index (χ1v) is 6.54. The summed E-state index contributed by atoms with van der Waals surface area (Å²) in [6.45, 7) is 4.48. The van der Waals surface area contributed by atoms with Gasteiger partial charge in [0.2, 0.25) is 0 Å². The second-order valence-corrected chi connectivity index (χ2v) is 4.87. The summed E-state index contributed by atoms with van der Waals surface area (Å²) in [5.74, 6) is 1.27. The fourth-order valence-corrected chi connectivity index (χ4v) is 2.06. The zero-order chi connectivity index (χ0) is 14.1. The van der Waals surface area contributed by atoms with Crippen LogP contribution in [0.15, 0.2) is 24.7 Å². The van der Waals surface area contributed by atoms with Gasteiger partial charge in [-0.05, 0) is 25.5 Å². The molecule has 20 heavy (non-hydrogen) atoms. The minimum absolute atomic E-state index is 0.426. The summed E-state index contributed by atoms with van der Waals surface area (Å²) >= 11 is 6.11. The molecule has 0 aliphatic heterocycles. The van der Waals surface area contributed by atoms with Crippen molar-refractivity contribution in [2.24, 2.45) is 0 Å². The Kier molecular flexibility index (Phi) is 3.23. The molecule has 0 aliphatic rings. The third kappa shape index (κ3) is 2.30. The number of nitrogens with zero attached hydrogens (tertiary/aromatic N) is 5. The summed E-state index contributed by atoms with van der Waals surface area (Å²) in [6.07, 6.45) is 3.30. The normalized spacial score (nSPS) is 10.9. The van der Waals surface area contributed by atoms with Crippen LogP contribution in [0.4, 0.5) is 5.82 Å². The number of hydrogen-bond donors (Lipinski definition) is 1. The molecule has 0 unspecified atom stereocenters. The van der Waals surface area contributed by atoms with Gasteiger partial charge >= 0.3 is 0 Å². The summed E-state index contributed by atoms with van der Waals surface area (Å²) in [4.78, 5) is 12.5. The predicted octanol–water partition coefficient (Wildman–Crippen LogP) is 2.40. The summed E-state index contributed by atoms with van der Waals surface area (Å²) in [7, 11) is 0. The van der Waals surface area contributed by atoms with Crippen LogP contribution in [0.5, 0.6) is 0 Å². The highest BCUT2D eigenvalue weighted by molar-refractivity contribution is 6.30. The van der Waals surface area contributed by atoms with Crippen molar-refractivity contribution in [3.05, 3.63) is 46.6 Å². The number of rotatable bonds is 3. The Hall–Kier alpha value is -2.21. The molecule has 3 heterocycles. The average Bonchev–Trinajstić information content (AvgIpc) is 2.89. The third-order valence-electron chi connectivity index (χ3n) is 3.04. The van der Waals surface area contributed by atoms with Gasteiger partial charge < -0.3 is 5.32 Å². The van der Waals surface area contributed by atoms with Crippen LogP contribution in [-0.2, 0) is 6.54 Å². The van der Waals surface area contributed by atoms with Crippen molar-refractivity contribution in [3.8, 4) is 0 Å². The Labute approximate surface area is 120 Å². The molecule has 3 aromatic rings. The van der Waals surface area contributed by atoms with Gasteiger partial charge in [-0.25, -0.2) is 0 Å². The van der Waals surface area contributed by atoms with Crippen molar-refractivity contribution >= 4 is 23.2 Å². The molecule has 0 radical (unpaired) electrons. The Balaban J connectivity index is 1.92. The molecular formula is C13H13ClN6. The minimum atomic E-state index is 0.426. The molecule has 1 N–H and O–H groups in total. The number of pyridine rings is 1. The highest BCUT2D eigenvalue weighted by Crippen LogP contribution is 2.22. The summed E-state index contributed by atoms with van der Waals surface area (Å²) in [5, 5.41) is 7.89. The lowest BCUT2D eigenvalue weighted by Crippen LogP contribution is -2.09. The molecule has 0 saturated heterocycles. The molecule has 0 bridgehead atoms. The summed E-state index contributed by atoms with van der Waals surface area (Å²) in [5.41, 5.74) is 2.91. The number of aromatic nitrogens is 5. The average molecular weight is 289 g/mol. The van der Waals surface area contributed by atoms with Crippen molar-refractivity contribution in [1.29, 1.82) is 0 Å². The maximum Gasteiger partial charge on any atom is 0.255 e. The lowest BCUT2D eigenvalue weighted by atomic mass is 10.2. The van der Waals surface area contributed by atoms with Gasteiger partial charge in [-0.1, -0.05) is 17.7 Å². The van der Waals surface area contributed by atoms with Crippen LogP contribution < -0.4 is 5.32 Å². The first-order valence-electron chi connectivity index (χ1n) is 6.16. The van der Waals surface area contributed by atoms with E-state index in [1.807, 2.05) is 32.2 Å². The summed E-state index contributed by atoms with van der Waals surface area (Å²) in [6, 6.07) is 4.01. The van der Waals surface area contributed by atoms with Gasteiger partial charge in [-0.3, -0.25) is 4.98 Å². The van der Waals surface area contributed by atoms with E-state index in [2.05, 4.69) is 25.4 Å². The molecule has 3 rings (SSSR count). The molecule has 0 aromatic carbocycles. The Morgan fingerprint density at radius 3 is 2.85 bits per heavy atom. The fourth-order valence-electron chi connectivity index (χ4n) is 1.89. The van der Waals surface area contributed by atoms with E-state index in [0.717, 1.165) is 22.6 Å². The molecule has 102 valence electrons. The second kappa shape index (κ2) is 5.05. The maximum absolute atomic E-state index is 6.11. The molecule has 0 spiro atoms. The first-order chi connectivity index (χ1) is 9.65. The highest BCUT2D eigenvalue weighted by Gasteiger charge is 2.11. The van der Waals surface area contributed by atoms with E-state index >= 15 is 0 Å². The van der Waals surface area contributed by atoms with Gasteiger partial charge in [0.05, 0.1) is 0 Å². The maximum atomic E-state index is 6.11. The molecule has 0 amide bonds. The Morgan fingerprint density at radius 2 is 2.10 bits per heavy atom. The molecule has 0 saturated carbocycles. The minimum Gasteiger partial charge on any atom is -0.365 e. The van der Waals surface area contributed by atoms with Crippen LogP contribution in [0.3, 0.4) is 0 Å². The SMILES string of the molecule is Cc1ccc(CNc2c(C)c(Cl)nc3ncnn23)cn1. The van der Waals surface area contributed by atoms with Gasteiger partial charge in [-0.2, -0.15) is 19.6 Å². The van der Waals surface area contributed by atoms with E-state index in [9.17, 15) is 0 Å². The van der Waals surface area contributed by atoms with Gasteiger partial charge in [0.25, 0.3) is 5.78 Å². The van der Waals surface area contributed by atoms with Gasteiger partial charge in [0, 0.05) is 24.0 Å². The van der Waals surface area contributed by atoms with Crippen molar-refractivity contribution in [2.45, 2.75) is 20.4 Å². The lowest BCUT2D eigenvalue weighted by molar-refractivity contribution is 0.912. The zero-order valence-corrected chi connectivity index (χ0v) is 11.9. The summed E-state index contributed by atoms with van der Waals surface area (Å²) < 4.78 is 1.64. The van der Waals surface area contributed by atoms with Crippen LogP contribution in [0.2, 0.25) is 5.15 Å². The van der Waals surface area contributed by atoms with E-state index in [1.165, 1.54) is 6.33 Å². The number of hydrogen-bond acceptors (Lipinski definition) is 5. The van der Waals surface area contributed by atoms with Crippen LogP contribution in [0.25, 0.3) is 5.78 Å². The number of nitrogens with one attached hydrogen (secondary N) is 1. The molecule has 6 nitrogen and oxygen atoms in total. The quantitative estimate of drug-likeness (QED) is 0.750.